The molecule has 0 atom stereocenters. The average molecular weight is 431 g/mol. The highest BCUT2D eigenvalue weighted by Crippen LogP contribution is 2.38. The normalized spacial score (nSPS) is 11.0. The number of rotatable bonds is 5. The van der Waals surface area contributed by atoms with Crippen molar-refractivity contribution in [3.63, 3.8) is 0 Å². The minimum Gasteiger partial charge on any atom is -0.495 e. The first kappa shape index (κ1) is 18.9. The smallest absolute Gasteiger partial charge is 0.163 e. The Balaban J connectivity index is 1.73. The number of nitrogens with one attached hydrogen (secondary N) is 1. The Hall–Kier alpha value is -2.41. The van der Waals surface area contributed by atoms with Crippen molar-refractivity contribution in [2.24, 2.45) is 0 Å². The molecule has 0 fully saturated rings. The van der Waals surface area contributed by atoms with Crippen LogP contribution < -0.4 is 10.1 Å². The molecule has 0 amide bonds. The summed E-state index contributed by atoms with van der Waals surface area (Å²) in [5.74, 6) is 1.97. The van der Waals surface area contributed by atoms with E-state index in [1.807, 2.05) is 37.3 Å². The Morgan fingerprint density at radius 1 is 1.11 bits per heavy atom. The lowest BCUT2D eigenvalue weighted by molar-refractivity contribution is 0.415. The Kier molecular flexibility index (Phi) is 5.35. The maximum atomic E-state index is 6.53. The number of pyridine rings is 1. The van der Waals surface area contributed by atoms with E-state index in [1.165, 1.54) is 0 Å². The molecule has 3 heterocycles. The van der Waals surface area contributed by atoms with E-state index in [0.29, 0.717) is 34.0 Å². The summed E-state index contributed by atoms with van der Waals surface area (Å²) in [6.07, 6.45) is 3.45. The first-order valence-corrected chi connectivity index (χ1v) is 10.1. The summed E-state index contributed by atoms with van der Waals surface area (Å²) in [5, 5.41) is 5.47. The Bertz CT molecular complexity index is 1150. The predicted octanol–water partition coefficient (Wildman–Crippen LogP) is 5.99. The van der Waals surface area contributed by atoms with E-state index in [4.69, 9.17) is 37.9 Å². The van der Waals surface area contributed by atoms with E-state index < -0.39 is 0 Å². The molecule has 0 saturated carbocycles. The van der Waals surface area contributed by atoms with Gasteiger partial charge in [0.05, 0.1) is 22.5 Å². The van der Waals surface area contributed by atoms with Crippen LogP contribution >= 0.6 is 34.5 Å². The molecular weight excluding hydrogens is 415 g/mol. The van der Waals surface area contributed by atoms with Crippen LogP contribution in [0.15, 0.2) is 42.7 Å². The van der Waals surface area contributed by atoms with E-state index in [1.54, 1.807) is 30.8 Å². The van der Waals surface area contributed by atoms with E-state index in [0.717, 1.165) is 26.2 Å². The molecule has 8 heteroatoms. The van der Waals surface area contributed by atoms with Crippen LogP contribution in [0.25, 0.3) is 21.6 Å². The van der Waals surface area contributed by atoms with Gasteiger partial charge in [0, 0.05) is 29.4 Å². The summed E-state index contributed by atoms with van der Waals surface area (Å²) >= 11 is 14.3. The number of ether oxygens (including phenoxy) is 1. The molecule has 0 aliphatic heterocycles. The topological polar surface area (TPSA) is 59.9 Å². The maximum absolute atomic E-state index is 6.53. The predicted molar refractivity (Wildman–Crippen MR) is 116 cm³/mol. The van der Waals surface area contributed by atoms with Gasteiger partial charge in [-0.3, -0.25) is 4.98 Å². The first-order chi connectivity index (χ1) is 13.6. The monoisotopic (exact) mass is 430 g/mol. The molecule has 0 radical (unpaired) electrons. The van der Waals surface area contributed by atoms with Crippen molar-refractivity contribution in [2.75, 3.05) is 12.4 Å². The molecular formula is C20H16Cl2N4OS. The van der Waals surface area contributed by atoms with Gasteiger partial charge in [0.2, 0.25) is 0 Å². The van der Waals surface area contributed by atoms with Crippen LogP contribution in [-0.4, -0.2) is 22.1 Å². The molecule has 0 spiro atoms. The molecule has 0 aliphatic carbocycles. The molecule has 4 rings (SSSR count). The zero-order valence-electron chi connectivity index (χ0n) is 15.2. The van der Waals surface area contributed by atoms with E-state index in [2.05, 4.69) is 10.3 Å². The SMILES string of the molecule is COc1ccc(CNc2nc(-c3ccncc3)nc3sc(C)c(Cl)c23)cc1Cl. The highest BCUT2D eigenvalue weighted by atomic mass is 35.5. The van der Waals surface area contributed by atoms with Gasteiger partial charge in [0.1, 0.15) is 16.4 Å². The van der Waals surface area contributed by atoms with Crippen LogP contribution in [0.2, 0.25) is 10.0 Å². The van der Waals surface area contributed by atoms with Gasteiger partial charge in [-0.25, -0.2) is 9.97 Å². The lowest BCUT2D eigenvalue weighted by Crippen LogP contribution is -2.04. The fourth-order valence-corrected chi connectivity index (χ4v) is 4.39. The summed E-state index contributed by atoms with van der Waals surface area (Å²) in [6.45, 7) is 2.52. The van der Waals surface area contributed by atoms with Crippen molar-refractivity contribution in [1.29, 1.82) is 0 Å². The second-order valence-electron chi connectivity index (χ2n) is 6.11. The van der Waals surface area contributed by atoms with E-state index in [9.17, 15) is 0 Å². The van der Waals surface area contributed by atoms with Crippen LogP contribution in [0.4, 0.5) is 5.82 Å². The van der Waals surface area contributed by atoms with Gasteiger partial charge in [-0.05, 0) is 36.8 Å². The maximum Gasteiger partial charge on any atom is 0.163 e. The number of aryl methyl sites for hydroxylation is 1. The van der Waals surface area contributed by atoms with Crippen molar-refractivity contribution < 1.29 is 4.74 Å². The number of hydrogen-bond acceptors (Lipinski definition) is 6. The molecule has 4 aromatic rings. The molecule has 3 aromatic heterocycles. The van der Waals surface area contributed by atoms with Gasteiger partial charge >= 0.3 is 0 Å². The van der Waals surface area contributed by atoms with E-state index in [-0.39, 0.29) is 0 Å². The number of hydrogen-bond donors (Lipinski definition) is 1. The molecule has 0 saturated heterocycles. The zero-order chi connectivity index (χ0) is 19.7. The number of thiophene rings is 1. The number of halogens is 2. The fourth-order valence-electron chi connectivity index (χ4n) is 2.84. The van der Waals surface area contributed by atoms with Crippen LogP contribution in [0, 0.1) is 6.92 Å². The molecule has 1 N–H and O–H groups in total. The highest BCUT2D eigenvalue weighted by molar-refractivity contribution is 7.19. The summed E-state index contributed by atoms with van der Waals surface area (Å²) in [4.78, 5) is 15.3. The van der Waals surface area contributed by atoms with Crippen molar-refractivity contribution in [2.45, 2.75) is 13.5 Å². The van der Waals surface area contributed by atoms with Gasteiger partial charge in [0.25, 0.3) is 0 Å². The fraction of sp³-hybridized carbons (Fsp3) is 0.150. The molecule has 0 bridgehead atoms. The van der Waals surface area contributed by atoms with Crippen LogP contribution in [-0.2, 0) is 6.54 Å². The van der Waals surface area contributed by atoms with Crippen molar-refractivity contribution in [1.82, 2.24) is 15.0 Å². The molecule has 0 aliphatic rings. The summed E-state index contributed by atoms with van der Waals surface area (Å²) < 4.78 is 5.21. The van der Waals surface area contributed by atoms with Gasteiger partial charge < -0.3 is 10.1 Å². The highest BCUT2D eigenvalue weighted by Gasteiger charge is 2.17. The van der Waals surface area contributed by atoms with Crippen molar-refractivity contribution >= 4 is 50.6 Å². The summed E-state index contributed by atoms with van der Waals surface area (Å²) in [5.41, 5.74) is 1.90. The van der Waals surface area contributed by atoms with Crippen molar-refractivity contribution in [3.8, 4) is 17.1 Å². The Morgan fingerprint density at radius 2 is 1.89 bits per heavy atom. The van der Waals surface area contributed by atoms with Crippen LogP contribution in [0.1, 0.15) is 10.4 Å². The lowest BCUT2D eigenvalue weighted by Gasteiger charge is -2.11. The zero-order valence-corrected chi connectivity index (χ0v) is 17.5. The second-order valence-corrected chi connectivity index (χ2v) is 8.09. The van der Waals surface area contributed by atoms with Gasteiger partial charge in [0.15, 0.2) is 5.82 Å². The number of nitrogens with zero attached hydrogens (tertiary/aromatic N) is 3. The number of fused-ring (bicyclic) bond motifs is 1. The van der Waals surface area contributed by atoms with Gasteiger partial charge in [-0.1, -0.05) is 29.3 Å². The Labute approximate surface area is 176 Å². The van der Waals surface area contributed by atoms with Crippen LogP contribution in [0.5, 0.6) is 5.75 Å². The number of methoxy groups -OCH3 is 1. The average Bonchev–Trinajstić information content (AvgIpc) is 3.00. The quantitative estimate of drug-likeness (QED) is 0.421. The number of benzene rings is 1. The standard InChI is InChI=1S/C20H16Cl2N4OS/c1-11-17(22)16-19(24-10-12-3-4-15(27-2)14(21)9-12)25-18(26-20(16)28-11)13-5-7-23-8-6-13/h3-9H,10H2,1-2H3,(H,24,25,26). The lowest BCUT2D eigenvalue weighted by atomic mass is 10.2. The van der Waals surface area contributed by atoms with Gasteiger partial charge in [-0.15, -0.1) is 11.3 Å². The third-order valence-corrected chi connectivity index (χ3v) is 6.15. The minimum atomic E-state index is 0.539. The third kappa shape index (κ3) is 3.63. The molecule has 28 heavy (non-hydrogen) atoms. The summed E-state index contributed by atoms with van der Waals surface area (Å²) in [6, 6.07) is 9.45. The number of anilines is 1. The molecule has 5 nitrogen and oxygen atoms in total. The summed E-state index contributed by atoms with van der Waals surface area (Å²) in [7, 11) is 1.60. The third-order valence-electron chi connectivity index (χ3n) is 4.27. The van der Waals surface area contributed by atoms with Gasteiger partial charge in [-0.2, -0.15) is 0 Å². The van der Waals surface area contributed by atoms with Crippen LogP contribution in [0.3, 0.4) is 0 Å². The number of aromatic nitrogens is 3. The first-order valence-electron chi connectivity index (χ1n) is 8.50. The second kappa shape index (κ2) is 7.91. The molecule has 142 valence electrons. The molecule has 0 unspecified atom stereocenters. The molecule has 1 aromatic carbocycles. The van der Waals surface area contributed by atoms with E-state index >= 15 is 0 Å². The van der Waals surface area contributed by atoms with Crippen molar-refractivity contribution in [3.05, 3.63) is 63.2 Å². The minimum absolute atomic E-state index is 0.539. The largest absolute Gasteiger partial charge is 0.495 e. The Morgan fingerprint density at radius 3 is 2.61 bits per heavy atom.